The smallest absolute Gasteiger partial charge is 0.264 e. The summed E-state index contributed by atoms with van der Waals surface area (Å²) in [6.45, 7) is 3.86. The number of nitrogens with one attached hydrogen (secondary N) is 1. The van der Waals surface area contributed by atoms with Crippen molar-refractivity contribution in [3.63, 3.8) is 0 Å². The summed E-state index contributed by atoms with van der Waals surface area (Å²) in [6, 6.07) is 9.69. The van der Waals surface area contributed by atoms with Crippen LogP contribution in [0.15, 0.2) is 35.7 Å². The summed E-state index contributed by atoms with van der Waals surface area (Å²) in [7, 11) is 3.98. The number of unbranched alkanes of at least 4 members (excludes halogenated alkanes) is 1. The van der Waals surface area contributed by atoms with Crippen LogP contribution < -0.4 is 10.2 Å². The predicted molar refractivity (Wildman–Crippen MR) is 127 cm³/mol. The Bertz CT molecular complexity index is 861. The first-order valence-electron chi connectivity index (χ1n) is 11.0. The maximum atomic E-state index is 13.3. The van der Waals surface area contributed by atoms with Crippen molar-refractivity contribution in [3.05, 3.63) is 46.2 Å². The molecule has 1 N–H and O–H groups in total. The highest BCUT2D eigenvalue weighted by Crippen LogP contribution is 2.27. The molecule has 0 aliphatic carbocycles. The van der Waals surface area contributed by atoms with E-state index in [0.717, 1.165) is 54.1 Å². The minimum absolute atomic E-state index is 0.0209. The zero-order valence-corrected chi connectivity index (χ0v) is 19.5. The molecule has 6 nitrogen and oxygen atoms in total. The van der Waals surface area contributed by atoms with E-state index < -0.39 is 0 Å². The van der Waals surface area contributed by atoms with Gasteiger partial charge in [0.05, 0.1) is 11.0 Å². The number of nitrogens with zero attached hydrogens (tertiary/aromatic N) is 2. The second-order valence-electron chi connectivity index (χ2n) is 8.19. The number of hydrogen-bond donors (Lipinski definition) is 1. The minimum atomic E-state index is 0.0209. The van der Waals surface area contributed by atoms with Crippen LogP contribution in [0.25, 0.3) is 0 Å². The van der Waals surface area contributed by atoms with Crippen molar-refractivity contribution in [2.45, 2.75) is 51.7 Å². The van der Waals surface area contributed by atoms with Crippen LogP contribution in [0.5, 0.6) is 0 Å². The fourth-order valence-electron chi connectivity index (χ4n) is 3.80. The second-order valence-corrected chi connectivity index (χ2v) is 9.14. The average molecular weight is 444 g/mol. The van der Waals surface area contributed by atoms with Gasteiger partial charge < -0.3 is 19.9 Å². The van der Waals surface area contributed by atoms with Crippen molar-refractivity contribution in [3.8, 4) is 0 Å². The van der Waals surface area contributed by atoms with Crippen LogP contribution in [0.1, 0.15) is 54.3 Å². The Morgan fingerprint density at radius 1 is 1.26 bits per heavy atom. The van der Waals surface area contributed by atoms with E-state index in [-0.39, 0.29) is 17.9 Å². The number of amides is 2. The number of carbonyl (C=O) groups excluding carboxylic acids is 2. The Balaban J connectivity index is 1.84. The van der Waals surface area contributed by atoms with E-state index in [1.165, 1.54) is 11.3 Å². The number of benzene rings is 1. The van der Waals surface area contributed by atoms with Gasteiger partial charge in [0.25, 0.3) is 5.91 Å². The first kappa shape index (κ1) is 23.3. The molecular formula is C24H33N3O3S. The van der Waals surface area contributed by atoms with Crippen molar-refractivity contribution in [1.29, 1.82) is 0 Å². The third kappa shape index (κ3) is 6.55. The number of thiophene rings is 1. The van der Waals surface area contributed by atoms with Crippen molar-refractivity contribution in [2.75, 3.05) is 37.5 Å². The van der Waals surface area contributed by atoms with Crippen LogP contribution >= 0.6 is 11.3 Å². The van der Waals surface area contributed by atoms with E-state index in [9.17, 15) is 9.59 Å². The SMILES string of the molecule is CCCCC(=O)Nc1ccc(N(C)C)c(CN(C[C@H]2CCCO2)C(=O)c2cccs2)c1. The van der Waals surface area contributed by atoms with Gasteiger partial charge >= 0.3 is 0 Å². The molecular weight excluding hydrogens is 410 g/mol. The molecule has 1 atom stereocenters. The molecule has 1 saturated heterocycles. The first-order chi connectivity index (χ1) is 15.0. The van der Waals surface area contributed by atoms with Gasteiger partial charge in [0.1, 0.15) is 0 Å². The Kier molecular flexibility index (Phi) is 8.49. The Morgan fingerprint density at radius 2 is 2.10 bits per heavy atom. The number of anilines is 2. The minimum Gasteiger partial charge on any atom is -0.377 e. The van der Waals surface area contributed by atoms with E-state index >= 15 is 0 Å². The molecule has 1 aliphatic rings. The zero-order valence-electron chi connectivity index (χ0n) is 18.7. The third-order valence-electron chi connectivity index (χ3n) is 5.43. The molecule has 2 heterocycles. The quantitative estimate of drug-likeness (QED) is 0.575. The lowest BCUT2D eigenvalue weighted by atomic mass is 10.1. The van der Waals surface area contributed by atoms with E-state index in [0.29, 0.717) is 19.5 Å². The summed E-state index contributed by atoms with van der Waals surface area (Å²) in [6.07, 6.45) is 4.46. The summed E-state index contributed by atoms with van der Waals surface area (Å²) in [5.74, 6) is 0.0452. The number of carbonyl (C=O) groups is 2. The van der Waals surface area contributed by atoms with E-state index in [4.69, 9.17) is 4.74 Å². The summed E-state index contributed by atoms with van der Waals surface area (Å²) >= 11 is 1.46. The summed E-state index contributed by atoms with van der Waals surface area (Å²) in [4.78, 5) is 30.1. The zero-order chi connectivity index (χ0) is 22.2. The highest BCUT2D eigenvalue weighted by Gasteiger charge is 2.25. The molecule has 1 fully saturated rings. The van der Waals surface area contributed by atoms with Gasteiger partial charge in [-0.15, -0.1) is 11.3 Å². The molecule has 2 aromatic rings. The summed E-state index contributed by atoms with van der Waals surface area (Å²) in [5.41, 5.74) is 2.80. The van der Waals surface area contributed by atoms with Gasteiger partial charge in [-0.25, -0.2) is 0 Å². The molecule has 1 aliphatic heterocycles. The van der Waals surface area contributed by atoms with Crippen LogP contribution in [-0.2, 0) is 16.1 Å². The van der Waals surface area contributed by atoms with Crippen LogP contribution in [0, 0.1) is 0 Å². The predicted octanol–water partition coefficient (Wildman–Crippen LogP) is 4.76. The molecule has 31 heavy (non-hydrogen) atoms. The topological polar surface area (TPSA) is 61.9 Å². The molecule has 1 aromatic heterocycles. The van der Waals surface area contributed by atoms with Gasteiger partial charge in [0.2, 0.25) is 5.91 Å². The largest absolute Gasteiger partial charge is 0.377 e. The van der Waals surface area contributed by atoms with Crippen molar-refractivity contribution < 1.29 is 14.3 Å². The first-order valence-corrected chi connectivity index (χ1v) is 11.9. The van der Waals surface area contributed by atoms with Crippen LogP contribution in [0.2, 0.25) is 0 Å². The van der Waals surface area contributed by atoms with E-state index in [2.05, 4.69) is 12.2 Å². The molecule has 168 valence electrons. The molecule has 0 bridgehead atoms. The van der Waals surface area contributed by atoms with Crippen molar-refractivity contribution >= 4 is 34.5 Å². The van der Waals surface area contributed by atoms with E-state index in [1.54, 1.807) is 0 Å². The molecule has 0 saturated carbocycles. The van der Waals surface area contributed by atoms with Gasteiger partial charge in [-0.3, -0.25) is 9.59 Å². The molecule has 2 amide bonds. The Morgan fingerprint density at radius 3 is 2.74 bits per heavy atom. The monoisotopic (exact) mass is 443 g/mol. The second kappa shape index (κ2) is 11.3. The highest BCUT2D eigenvalue weighted by molar-refractivity contribution is 7.12. The third-order valence-corrected chi connectivity index (χ3v) is 6.29. The molecule has 3 rings (SSSR count). The van der Waals surface area contributed by atoms with Crippen molar-refractivity contribution in [2.24, 2.45) is 0 Å². The maximum Gasteiger partial charge on any atom is 0.264 e. The summed E-state index contributed by atoms with van der Waals surface area (Å²) in [5, 5.41) is 4.93. The van der Waals surface area contributed by atoms with Gasteiger partial charge in [-0.2, -0.15) is 0 Å². The van der Waals surface area contributed by atoms with Gasteiger partial charge in [-0.05, 0) is 54.5 Å². The highest BCUT2D eigenvalue weighted by atomic mass is 32.1. The fraction of sp³-hybridized carbons (Fsp3) is 0.500. The maximum absolute atomic E-state index is 13.3. The Labute approximate surface area is 189 Å². The fourth-order valence-corrected chi connectivity index (χ4v) is 4.49. The van der Waals surface area contributed by atoms with Crippen LogP contribution in [-0.4, -0.2) is 50.1 Å². The van der Waals surface area contributed by atoms with Gasteiger partial charge in [0, 0.05) is 51.6 Å². The average Bonchev–Trinajstić information content (AvgIpc) is 3.45. The standard InChI is InChI=1S/C24H33N3O3S/c1-4-5-10-23(28)25-19-11-12-21(26(2)3)18(15-19)16-27(17-20-8-6-13-30-20)24(29)22-9-7-14-31-22/h7,9,11-12,14-15,20H,4-6,8,10,13,16-17H2,1-3H3,(H,25,28)/t20-/m1/s1. The molecule has 0 unspecified atom stereocenters. The number of ether oxygens (including phenoxy) is 1. The molecule has 0 spiro atoms. The van der Waals surface area contributed by atoms with Gasteiger partial charge in [0.15, 0.2) is 0 Å². The lowest BCUT2D eigenvalue weighted by Crippen LogP contribution is -2.37. The lowest BCUT2D eigenvalue weighted by Gasteiger charge is -2.28. The Hall–Kier alpha value is -2.38. The van der Waals surface area contributed by atoms with E-state index in [1.807, 2.05) is 59.6 Å². The molecule has 0 radical (unpaired) electrons. The molecule has 1 aromatic carbocycles. The lowest BCUT2D eigenvalue weighted by molar-refractivity contribution is -0.116. The molecule has 7 heteroatoms. The number of hydrogen-bond acceptors (Lipinski definition) is 5. The normalized spacial score (nSPS) is 15.6. The number of rotatable bonds is 10. The van der Waals surface area contributed by atoms with Crippen LogP contribution in [0.4, 0.5) is 11.4 Å². The van der Waals surface area contributed by atoms with Crippen LogP contribution in [0.3, 0.4) is 0 Å². The summed E-state index contributed by atoms with van der Waals surface area (Å²) < 4.78 is 5.82. The van der Waals surface area contributed by atoms with Crippen molar-refractivity contribution in [1.82, 2.24) is 4.90 Å². The van der Waals surface area contributed by atoms with Gasteiger partial charge in [-0.1, -0.05) is 19.4 Å².